The van der Waals surface area contributed by atoms with E-state index in [2.05, 4.69) is 35.6 Å². The summed E-state index contributed by atoms with van der Waals surface area (Å²) in [6.07, 6.45) is 1.87. The van der Waals surface area contributed by atoms with Gasteiger partial charge in [0.2, 0.25) is 5.91 Å². The molecule has 2 aliphatic carbocycles. The van der Waals surface area contributed by atoms with Crippen molar-refractivity contribution in [1.82, 2.24) is 4.90 Å². The molecule has 1 atom stereocenters. The Kier molecular flexibility index (Phi) is 4.49. The first-order valence-corrected chi connectivity index (χ1v) is 11.2. The average Bonchev–Trinajstić information content (AvgIpc) is 3.48. The molecule has 1 saturated heterocycles. The van der Waals surface area contributed by atoms with Gasteiger partial charge < -0.3 is 9.64 Å². The number of hydrogen-bond acceptors (Lipinski definition) is 3. The number of nitrogens with one attached hydrogen (secondary N) is 1. The van der Waals surface area contributed by atoms with Gasteiger partial charge in [-0.2, -0.15) is 0 Å². The Morgan fingerprint density at radius 2 is 1.53 bits per heavy atom. The van der Waals surface area contributed by atoms with Crippen LogP contribution in [0.1, 0.15) is 28.7 Å². The van der Waals surface area contributed by atoms with Crippen molar-refractivity contribution in [3.05, 3.63) is 89.0 Å². The lowest BCUT2D eigenvalue weighted by Crippen LogP contribution is -2.38. The van der Waals surface area contributed by atoms with Crippen LogP contribution in [0.4, 0.5) is 10.5 Å². The SMILES string of the molecule is O=C(Nc1cccc2c1Cc1ccccc1-2)OC1CC(=O)N(C2Cc3ccccc3C2)C1. The highest BCUT2D eigenvalue weighted by Gasteiger charge is 2.38. The van der Waals surface area contributed by atoms with Crippen LogP contribution >= 0.6 is 0 Å². The molecule has 6 rings (SSSR count). The second kappa shape index (κ2) is 7.52. The number of ether oxygens (including phenoxy) is 1. The smallest absolute Gasteiger partial charge is 0.411 e. The number of nitrogens with zero attached hydrogens (tertiary/aromatic N) is 1. The Hall–Kier alpha value is -3.60. The number of anilines is 1. The fraction of sp³-hybridized carbons (Fsp3) is 0.259. The second-order valence-corrected chi connectivity index (χ2v) is 8.90. The van der Waals surface area contributed by atoms with Crippen LogP contribution in [0.5, 0.6) is 0 Å². The fourth-order valence-corrected chi connectivity index (χ4v) is 5.45. The zero-order chi connectivity index (χ0) is 21.7. The maximum atomic E-state index is 12.7. The Morgan fingerprint density at radius 3 is 2.31 bits per heavy atom. The minimum absolute atomic E-state index is 0.0664. The van der Waals surface area contributed by atoms with Crippen LogP contribution in [0.25, 0.3) is 11.1 Å². The predicted octanol–water partition coefficient (Wildman–Crippen LogP) is 4.57. The van der Waals surface area contributed by atoms with Gasteiger partial charge in [0.15, 0.2) is 0 Å². The number of benzene rings is 3. The van der Waals surface area contributed by atoms with Gasteiger partial charge in [0, 0.05) is 18.2 Å². The van der Waals surface area contributed by atoms with E-state index in [1.807, 2.05) is 41.3 Å². The third-order valence-electron chi connectivity index (χ3n) is 6.95. The second-order valence-electron chi connectivity index (χ2n) is 8.90. The summed E-state index contributed by atoms with van der Waals surface area (Å²) in [7, 11) is 0. The first kappa shape index (κ1) is 19.1. The van der Waals surface area contributed by atoms with Crippen LogP contribution in [0.15, 0.2) is 66.7 Å². The zero-order valence-corrected chi connectivity index (χ0v) is 17.7. The molecule has 3 aromatic carbocycles. The lowest BCUT2D eigenvalue weighted by molar-refractivity contribution is -0.129. The molecule has 0 radical (unpaired) electrons. The number of rotatable bonds is 3. The molecule has 3 aromatic rings. The summed E-state index contributed by atoms with van der Waals surface area (Å²) in [5.41, 5.74) is 8.14. The molecule has 5 nitrogen and oxygen atoms in total. The third-order valence-corrected chi connectivity index (χ3v) is 6.95. The molecule has 2 amide bonds. The minimum atomic E-state index is -0.497. The van der Waals surface area contributed by atoms with E-state index in [9.17, 15) is 9.59 Å². The van der Waals surface area contributed by atoms with Crippen LogP contribution < -0.4 is 5.32 Å². The van der Waals surface area contributed by atoms with Crippen LogP contribution in [0, 0.1) is 0 Å². The molecule has 5 heteroatoms. The highest BCUT2D eigenvalue weighted by molar-refractivity contribution is 5.91. The molecule has 0 saturated carbocycles. The molecular formula is C27H24N2O3. The lowest BCUT2D eigenvalue weighted by atomic mass is 10.1. The monoisotopic (exact) mass is 424 g/mol. The van der Waals surface area contributed by atoms with Crippen molar-refractivity contribution in [2.24, 2.45) is 0 Å². The van der Waals surface area contributed by atoms with Crippen molar-refractivity contribution >= 4 is 17.7 Å². The number of fused-ring (bicyclic) bond motifs is 4. The molecule has 1 fully saturated rings. The predicted molar refractivity (Wildman–Crippen MR) is 123 cm³/mol. The number of amides is 2. The zero-order valence-electron chi connectivity index (χ0n) is 17.7. The Bertz CT molecular complexity index is 1210. The average molecular weight is 425 g/mol. The van der Waals surface area contributed by atoms with Crippen LogP contribution in [-0.2, 0) is 28.8 Å². The van der Waals surface area contributed by atoms with Crippen molar-refractivity contribution in [1.29, 1.82) is 0 Å². The molecule has 3 aliphatic rings. The maximum absolute atomic E-state index is 12.7. The van der Waals surface area contributed by atoms with Crippen molar-refractivity contribution in [2.45, 2.75) is 37.8 Å². The van der Waals surface area contributed by atoms with Gasteiger partial charge in [-0.3, -0.25) is 10.1 Å². The first-order chi connectivity index (χ1) is 15.7. The molecule has 32 heavy (non-hydrogen) atoms. The molecule has 1 heterocycles. The molecule has 1 aliphatic heterocycles. The van der Waals surface area contributed by atoms with Gasteiger partial charge in [-0.1, -0.05) is 60.7 Å². The van der Waals surface area contributed by atoms with Gasteiger partial charge in [-0.25, -0.2) is 4.79 Å². The number of carbonyl (C=O) groups excluding carboxylic acids is 2. The van der Waals surface area contributed by atoms with E-state index >= 15 is 0 Å². The molecule has 1 N–H and O–H groups in total. The van der Waals surface area contributed by atoms with Gasteiger partial charge in [0.05, 0.1) is 13.0 Å². The Labute approximate surface area is 187 Å². The molecular weight excluding hydrogens is 400 g/mol. The van der Waals surface area contributed by atoms with Crippen molar-refractivity contribution in [2.75, 3.05) is 11.9 Å². The molecule has 0 bridgehead atoms. The first-order valence-electron chi connectivity index (χ1n) is 11.2. The van der Waals surface area contributed by atoms with Crippen LogP contribution in [0.2, 0.25) is 0 Å². The van der Waals surface area contributed by atoms with Crippen LogP contribution in [0.3, 0.4) is 0 Å². The van der Waals surface area contributed by atoms with E-state index in [4.69, 9.17) is 4.74 Å². The van der Waals surface area contributed by atoms with Crippen molar-refractivity contribution in [3.63, 3.8) is 0 Å². The van der Waals surface area contributed by atoms with E-state index in [1.165, 1.54) is 22.3 Å². The fourth-order valence-electron chi connectivity index (χ4n) is 5.45. The van der Waals surface area contributed by atoms with E-state index in [0.29, 0.717) is 6.54 Å². The van der Waals surface area contributed by atoms with Crippen molar-refractivity contribution < 1.29 is 14.3 Å². The van der Waals surface area contributed by atoms with E-state index in [0.717, 1.165) is 36.1 Å². The molecule has 1 unspecified atom stereocenters. The number of hydrogen-bond donors (Lipinski definition) is 1. The van der Waals surface area contributed by atoms with Gasteiger partial charge >= 0.3 is 6.09 Å². The largest absolute Gasteiger partial charge is 0.444 e. The topological polar surface area (TPSA) is 58.6 Å². The van der Waals surface area contributed by atoms with Crippen molar-refractivity contribution in [3.8, 4) is 11.1 Å². The Balaban J connectivity index is 1.11. The summed E-state index contributed by atoms with van der Waals surface area (Å²) in [5.74, 6) is 0.0664. The standard InChI is InChI=1S/C27H24N2O3/c30-26-15-21(16-29(26)20-12-17-6-1-2-7-18(17)13-20)32-27(31)28-25-11-5-10-23-22-9-4-3-8-19(22)14-24(23)25/h1-11,20-21H,12-16H2,(H,28,31). The van der Waals surface area contributed by atoms with E-state index in [-0.39, 0.29) is 18.4 Å². The summed E-state index contributed by atoms with van der Waals surface area (Å²) in [4.78, 5) is 27.2. The van der Waals surface area contributed by atoms with Gasteiger partial charge in [0.1, 0.15) is 6.10 Å². The number of carbonyl (C=O) groups is 2. The summed E-state index contributed by atoms with van der Waals surface area (Å²) in [6.45, 7) is 0.462. The van der Waals surface area contributed by atoms with Crippen LogP contribution in [-0.4, -0.2) is 35.6 Å². The van der Waals surface area contributed by atoms with E-state index < -0.39 is 12.2 Å². The van der Waals surface area contributed by atoms with Gasteiger partial charge in [-0.05, 0) is 52.3 Å². The summed E-state index contributed by atoms with van der Waals surface area (Å²) >= 11 is 0. The summed E-state index contributed by atoms with van der Waals surface area (Å²) in [5, 5.41) is 2.93. The molecule has 160 valence electrons. The lowest BCUT2D eigenvalue weighted by Gasteiger charge is -2.24. The highest BCUT2D eigenvalue weighted by Crippen LogP contribution is 2.40. The van der Waals surface area contributed by atoms with Gasteiger partial charge in [0.25, 0.3) is 0 Å². The molecule has 0 spiro atoms. The summed E-state index contributed by atoms with van der Waals surface area (Å²) in [6, 6.07) is 22.8. The summed E-state index contributed by atoms with van der Waals surface area (Å²) < 4.78 is 5.68. The van der Waals surface area contributed by atoms with Gasteiger partial charge in [-0.15, -0.1) is 0 Å². The third kappa shape index (κ3) is 3.25. The normalized spacial score (nSPS) is 18.9. The minimum Gasteiger partial charge on any atom is -0.444 e. The quantitative estimate of drug-likeness (QED) is 0.524. The highest BCUT2D eigenvalue weighted by atomic mass is 16.6. The van der Waals surface area contributed by atoms with E-state index in [1.54, 1.807) is 0 Å². The maximum Gasteiger partial charge on any atom is 0.411 e. The molecule has 0 aromatic heterocycles. The number of likely N-dealkylation sites (tertiary alicyclic amines) is 1. The Morgan fingerprint density at radius 1 is 0.844 bits per heavy atom.